The van der Waals surface area contributed by atoms with E-state index in [1.807, 2.05) is 12.2 Å². The van der Waals surface area contributed by atoms with Gasteiger partial charge in [0.1, 0.15) is 12.7 Å². The van der Waals surface area contributed by atoms with Crippen LogP contribution in [0.15, 0.2) is 85.1 Å². The van der Waals surface area contributed by atoms with Gasteiger partial charge in [0.25, 0.3) is 0 Å². The van der Waals surface area contributed by atoms with Crippen LogP contribution in [0.4, 0.5) is 0 Å². The number of phosphoric acid groups is 1. The summed E-state index contributed by atoms with van der Waals surface area (Å²) in [5.74, 6) is -1.57. The highest BCUT2D eigenvalue weighted by atomic mass is 31.2. The molecule has 0 heterocycles. The number of hydrogen-bond acceptors (Lipinski definition) is 10. The van der Waals surface area contributed by atoms with Gasteiger partial charge in [-0.1, -0.05) is 228 Å². The van der Waals surface area contributed by atoms with E-state index in [0.29, 0.717) is 19.3 Å². The van der Waals surface area contributed by atoms with Crippen LogP contribution in [-0.4, -0.2) is 66.5 Å². The second-order valence-corrected chi connectivity index (χ2v) is 20.2. The Morgan fingerprint density at radius 1 is 0.403 bits per heavy atom. The smallest absolute Gasteiger partial charge is 0.462 e. The number of carbonyl (C=O) groups excluding carboxylic acids is 3. The third kappa shape index (κ3) is 51.6. The zero-order valence-electron chi connectivity index (χ0n) is 45.6. The van der Waals surface area contributed by atoms with Crippen molar-refractivity contribution < 1.29 is 52.2 Å². The van der Waals surface area contributed by atoms with Crippen LogP contribution in [0.2, 0.25) is 0 Å². The molecule has 0 aromatic carbocycles. The van der Waals surface area contributed by atoms with E-state index in [0.717, 1.165) is 96.3 Å². The van der Waals surface area contributed by atoms with E-state index in [1.165, 1.54) is 83.5 Å². The normalized spacial score (nSPS) is 14.0. The molecule has 0 aromatic rings. The number of aliphatic hydroxyl groups excluding tert-OH is 1. The Hall–Kier alpha value is -3.34. The first-order valence-corrected chi connectivity index (χ1v) is 30.0. The average Bonchev–Trinajstić information content (AvgIpc) is 3.37. The molecule has 3 unspecified atom stereocenters. The molecule has 0 aromatic heterocycles. The maximum Gasteiger partial charge on any atom is 0.472 e. The summed E-state index contributed by atoms with van der Waals surface area (Å²) in [6, 6.07) is 0. The van der Waals surface area contributed by atoms with E-state index in [4.69, 9.17) is 23.3 Å². The van der Waals surface area contributed by atoms with Gasteiger partial charge in [-0.2, -0.15) is 0 Å². The van der Waals surface area contributed by atoms with Crippen molar-refractivity contribution in [2.75, 3.05) is 26.4 Å². The van der Waals surface area contributed by atoms with E-state index in [1.54, 1.807) is 0 Å². The van der Waals surface area contributed by atoms with E-state index < -0.39 is 57.8 Å². The van der Waals surface area contributed by atoms with Crippen molar-refractivity contribution in [3.63, 3.8) is 0 Å². The van der Waals surface area contributed by atoms with E-state index in [9.17, 15) is 28.9 Å². The molecular formula is C60H103O11P. The summed E-state index contributed by atoms with van der Waals surface area (Å²) in [6.45, 7) is 4.40. The maximum absolute atomic E-state index is 12.9. The molecule has 0 aliphatic carbocycles. The zero-order chi connectivity index (χ0) is 52.7. The topological polar surface area (TPSA) is 155 Å². The number of rotatable bonds is 52. The Kier molecular flexibility index (Phi) is 51.4. The van der Waals surface area contributed by atoms with E-state index in [-0.39, 0.29) is 25.9 Å². The summed E-state index contributed by atoms with van der Waals surface area (Å²) in [5, 5.41) is 9.78. The summed E-state index contributed by atoms with van der Waals surface area (Å²) in [4.78, 5) is 48.4. The summed E-state index contributed by atoms with van der Waals surface area (Å²) < 4.78 is 39.4. The summed E-state index contributed by atoms with van der Waals surface area (Å²) >= 11 is 0. The van der Waals surface area contributed by atoms with Crippen LogP contribution in [0.25, 0.3) is 0 Å². The number of hydrogen-bond donors (Lipinski definition) is 2. The first-order valence-electron chi connectivity index (χ1n) is 28.5. The summed E-state index contributed by atoms with van der Waals surface area (Å²) in [7, 11) is -4.76. The molecule has 0 aliphatic heterocycles. The van der Waals surface area contributed by atoms with Gasteiger partial charge in [-0.05, 0) is 77.0 Å². The molecule has 0 saturated carbocycles. The van der Waals surface area contributed by atoms with Gasteiger partial charge in [0, 0.05) is 19.3 Å². The van der Waals surface area contributed by atoms with Crippen molar-refractivity contribution in [2.24, 2.45) is 0 Å². The highest BCUT2D eigenvalue weighted by molar-refractivity contribution is 7.47. The molecule has 11 nitrogen and oxygen atoms in total. The van der Waals surface area contributed by atoms with Gasteiger partial charge < -0.3 is 24.2 Å². The Labute approximate surface area is 439 Å². The molecule has 72 heavy (non-hydrogen) atoms. The van der Waals surface area contributed by atoms with Crippen LogP contribution in [-0.2, 0) is 42.2 Å². The quantitative estimate of drug-likeness (QED) is 0.0197. The lowest BCUT2D eigenvalue weighted by atomic mass is 10.0. The van der Waals surface area contributed by atoms with Crippen LogP contribution < -0.4 is 0 Å². The monoisotopic (exact) mass is 1030 g/mol. The SMILES string of the molecule is CC/C=C\C/C=C\C/C=C\C/C=C\C/C=C\C/C=C\CCC(=O)OCC(COP(=O)(O)OCC(CO)OC(=O)CCCCCCC/C=C\CCCC)OC(=O)CCCCCCCCCCCCCCCCC. The molecule has 0 fully saturated rings. The molecule has 0 saturated heterocycles. The molecular weight excluding hydrogens is 928 g/mol. The molecule has 0 amide bonds. The van der Waals surface area contributed by atoms with Gasteiger partial charge in [-0.15, -0.1) is 0 Å². The Bertz CT molecular complexity index is 1530. The second-order valence-electron chi connectivity index (χ2n) is 18.7. The molecule has 2 N–H and O–H groups in total. The minimum absolute atomic E-state index is 0.1000. The number of carbonyl (C=O) groups is 3. The molecule has 0 rings (SSSR count). The van der Waals surface area contributed by atoms with Crippen molar-refractivity contribution in [1.29, 1.82) is 0 Å². The van der Waals surface area contributed by atoms with Gasteiger partial charge in [0.15, 0.2) is 6.10 Å². The molecule has 0 aliphatic rings. The highest BCUT2D eigenvalue weighted by Gasteiger charge is 2.28. The number of unbranched alkanes of at least 4 members (excludes halogenated alkanes) is 21. The minimum Gasteiger partial charge on any atom is -0.462 e. The minimum atomic E-state index is -4.76. The summed E-state index contributed by atoms with van der Waals surface area (Å²) in [5.41, 5.74) is 0. The standard InChI is InChI=1S/C60H103O11P/c1-4-7-10-13-16-19-22-24-26-27-28-29-31-32-35-37-40-43-46-49-58(62)67-53-57(71-60(64)51-48-45-42-39-36-33-30-25-23-20-17-14-11-8-5-2)55-69-72(65,66)68-54-56(52-61)70-59(63)50-47-44-41-38-34-21-18-15-12-9-6-3/h7,10,15-16,18-19,24,26,28-29,32,35,40,43,56-57,61H,4-6,8-9,11-14,17,20-23,25,27,30-31,33-34,36-39,41-42,44-55H2,1-3H3,(H,65,66)/b10-7-,18-15-,19-16-,26-24-,29-28-,35-32-,43-40-. The number of allylic oxidation sites excluding steroid dienone is 14. The Morgan fingerprint density at radius 2 is 0.764 bits per heavy atom. The fourth-order valence-corrected chi connectivity index (χ4v) is 8.26. The van der Waals surface area contributed by atoms with Gasteiger partial charge in [0.05, 0.1) is 19.8 Å². The first kappa shape index (κ1) is 68.7. The average molecular weight is 1030 g/mol. The Morgan fingerprint density at radius 3 is 1.21 bits per heavy atom. The third-order valence-electron chi connectivity index (χ3n) is 11.8. The number of phosphoric ester groups is 1. The lowest BCUT2D eigenvalue weighted by molar-refractivity contribution is -0.161. The number of esters is 3. The Balaban J connectivity index is 4.83. The van der Waals surface area contributed by atoms with Crippen molar-refractivity contribution in [3.05, 3.63) is 85.1 Å². The first-order chi connectivity index (χ1) is 35.2. The van der Waals surface area contributed by atoms with Gasteiger partial charge in [-0.3, -0.25) is 23.4 Å². The predicted molar refractivity (Wildman–Crippen MR) is 298 cm³/mol. The lowest BCUT2D eigenvalue weighted by Crippen LogP contribution is -2.30. The fourth-order valence-electron chi connectivity index (χ4n) is 7.48. The maximum atomic E-state index is 12.9. The summed E-state index contributed by atoms with van der Waals surface area (Å²) in [6.07, 6.45) is 61.3. The van der Waals surface area contributed by atoms with Crippen LogP contribution in [0.5, 0.6) is 0 Å². The van der Waals surface area contributed by atoms with Crippen LogP contribution >= 0.6 is 7.82 Å². The highest BCUT2D eigenvalue weighted by Crippen LogP contribution is 2.43. The fraction of sp³-hybridized carbons (Fsp3) is 0.717. The van der Waals surface area contributed by atoms with Crippen LogP contribution in [0.3, 0.4) is 0 Å². The van der Waals surface area contributed by atoms with Gasteiger partial charge in [0.2, 0.25) is 0 Å². The largest absolute Gasteiger partial charge is 0.472 e. The molecule has 0 radical (unpaired) electrons. The zero-order valence-corrected chi connectivity index (χ0v) is 46.5. The van der Waals surface area contributed by atoms with Crippen LogP contribution in [0.1, 0.15) is 239 Å². The van der Waals surface area contributed by atoms with E-state index in [2.05, 4.69) is 93.7 Å². The molecule has 414 valence electrons. The van der Waals surface area contributed by atoms with Crippen molar-refractivity contribution >= 4 is 25.7 Å². The van der Waals surface area contributed by atoms with Crippen LogP contribution in [0, 0.1) is 0 Å². The predicted octanol–water partition coefficient (Wildman–Crippen LogP) is 16.7. The molecule has 0 bridgehead atoms. The second kappa shape index (κ2) is 53.9. The molecule has 3 atom stereocenters. The van der Waals surface area contributed by atoms with Crippen molar-refractivity contribution in [2.45, 2.75) is 251 Å². The third-order valence-corrected chi connectivity index (χ3v) is 12.8. The number of aliphatic hydroxyl groups is 1. The van der Waals surface area contributed by atoms with Crippen molar-refractivity contribution in [3.8, 4) is 0 Å². The van der Waals surface area contributed by atoms with E-state index >= 15 is 0 Å². The van der Waals surface area contributed by atoms with Gasteiger partial charge >= 0.3 is 25.7 Å². The lowest BCUT2D eigenvalue weighted by Gasteiger charge is -2.21. The van der Waals surface area contributed by atoms with Crippen molar-refractivity contribution in [1.82, 2.24) is 0 Å². The molecule has 0 spiro atoms. The molecule has 12 heteroatoms. The number of ether oxygens (including phenoxy) is 3. The van der Waals surface area contributed by atoms with Gasteiger partial charge in [-0.25, -0.2) is 4.57 Å².